The van der Waals surface area contributed by atoms with Crippen LogP contribution in [0.15, 0.2) is 30.9 Å². The maximum absolute atomic E-state index is 11.3. The van der Waals surface area contributed by atoms with Crippen molar-refractivity contribution in [3.05, 3.63) is 42.2 Å². The quantitative estimate of drug-likeness (QED) is 0.166. The average molecular weight is 595 g/mol. The number of nitrogens with two attached hydrogens (primary N) is 1. The monoisotopic (exact) mass is 594 g/mol. The van der Waals surface area contributed by atoms with E-state index in [1.807, 2.05) is 30.0 Å². The van der Waals surface area contributed by atoms with Crippen LogP contribution in [0.5, 0.6) is 0 Å². The van der Waals surface area contributed by atoms with Gasteiger partial charge in [0.1, 0.15) is 36.0 Å². The number of aromatic amines is 1. The molecular weight excluding hydrogens is 556 g/mol. The first-order chi connectivity index (χ1) is 20.6. The minimum atomic E-state index is -1.55. The largest absolute Gasteiger partial charge is 0.395 e. The number of rotatable bonds is 8. The van der Waals surface area contributed by atoms with E-state index in [-0.39, 0.29) is 25.1 Å². The Balaban J connectivity index is 0.975. The number of ether oxygens (including phenoxy) is 2. The summed E-state index contributed by atoms with van der Waals surface area (Å²) in [5.74, 6) is 0.0736. The number of nitrogen functional groups attached to an aromatic ring is 1. The minimum Gasteiger partial charge on any atom is -0.395 e. The smallest absolute Gasteiger partial charge is 0.225 e. The van der Waals surface area contributed by atoms with Crippen molar-refractivity contribution in [3.63, 3.8) is 0 Å². The van der Waals surface area contributed by atoms with E-state index in [9.17, 15) is 20.4 Å². The highest BCUT2D eigenvalue weighted by molar-refractivity contribution is 5.81. The zero-order chi connectivity index (χ0) is 30.1. The fourth-order valence-electron chi connectivity index (χ4n) is 6.80. The summed E-state index contributed by atoms with van der Waals surface area (Å²) >= 11 is 0. The lowest BCUT2D eigenvalue weighted by atomic mass is 9.76. The second-order valence-corrected chi connectivity index (χ2v) is 12.6. The summed E-state index contributed by atoms with van der Waals surface area (Å²) in [7, 11) is 0. The van der Waals surface area contributed by atoms with Crippen molar-refractivity contribution in [1.29, 1.82) is 0 Å². The molecule has 7 N–H and O–H groups in total. The lowest BCUT2D eigenvalue weighted by molar-refractivity contribution is -0.355. The summed E-state index contributed by atoms with van der Waals surface area (Å²) in [6, 6.07) is 5.90. The number of fused-ring (bicyclic) bond motifs is 3. The molecule has 230 valence electrons. The Kier molecular flexibility index (Phi) is 6.93. The third-order valence-corrected chi connectivity index (χ3v) is 9.61. The van der Waals surface area contributed by atoms with Crippen LogP contribution in [0, 0.1) is 5.92 Å². The second-order valence-electron chi connectivity index (χ2n) is 12.6. The Bertz CT molecular complexity index is 1630. The zero-order valence-corrected chi connectivity index (χ0v) is 24.2. The van der Waals surface area contributed by atoms with Gasteiger partial charge in [-0.05, 0) is 42.9 Å². The number of aryl methyl sites for hydroxylation is 1. The van der Waals surface area contributed by atoms with E-state index in [0.29, 0.717) is 23.6 Å². The highest BCUT2D eigenvalue weighted by Crippen LogP contribution is 2.44. The number of hydrogen-bond acceptors (Lipinski definition) is 12. The van der Waals surface area contributed by atoms with Crippen molar-refractivity contribution in [2.24, 2.45) is 5.92 Å². The van der Waals surface area contributed by atoms with Gasteiger partial charge in [0.2, 0.25) is 5.91 Å². The highest BCUT2D eigenvalue weighted by atomic mass is 16.7. The molecule has 3 aromatic heterocycles. The standard InChI is InChI=1S/C29H38N8O6/c1-28(11-38,12-39)16-4-5-18-19(9-16)35-21(34-18)6-3-15-7-17(8-15)37-10-20-24(43-29(37,2)41)23(40)27(42-20)36-14-33-22-25(30)31-13-32-26(22)36/h4-5,9,13-15,17,20,23-24,27,38-41H,3,6-8,10-12H2,1-2H3,(H,34,35)(H2,30,31,32)/t15?,17?,20-,23-,24-,27-,29?/m1/s1. The van der Waals surface area contributed by atoms with E-state index in [4.69, 9.17) is 20.2 Å². The number of aliphatic hydroxyl groups excluding tert-OH is 3. The fourth-order valence-corrected chi connectivity index (χ4v) is 6.80. The van der Waals surface area contributed by atoms with E-state index in [1.165, 1.54) is 12.7 Å². The molecular formula is C29H38N8O6. The van der Waals surface area contributed by atoms with Crippen LogP contribution >= 0.6 is 0 Å². The van der Waals surface area contributed by atoms with Gasteiger partial charge in [-0.2, -0.15) is 0 Å². The van der Waals surface area contributed by atoms with Gasteiger partial charge in [0.05, 0.1) is 30.6 Å². The number of nitrogens with zero attached hydrogens (tertiary/aromatic N) is 6. The van der Waals surface area contributed by atoms with Crippen LogP contribution < -0.4 is 5.73 Å². The Morgan fingerprint density at radius 3 is 2.74 bits per heavy atom. The van der Waals surface area contributed by atoms with Gasteiger partial charge in [-0.3, -0.25) is 4.57 Å². The number of H-pyrrole nitrogens is 1. The van der Waals surface area contributed by atoms with E-state index < -0.39 is 35.9 Å². The van der Waals surface area contributed by atoms with Crippen molar-refractivity contribution in [2.75, 3.05) is 25.5 Å². The summed E-state index contributed by atoms with van der Waals surface area (Å²) in [6.45, 7) is 3.58. The van der Waals surface area contributed by atoms with Gasteiger partial charge in [-0.15, -0.1) is 0 Å². The maximum atomic E-state index is 11.3. The normalized spacial score (nSPS) is 31.5. The van der Waals surface area contributed by atoms with Crippen molar-refractivity contribution < 1.29 is 29.9 Å². The molecule has 3 fully saturated rings. The Hall–Kier alpha value is -3.24. The molecule has 4 aromatic rings. The SMILES string of the molecule is CC(CO)(CO)c1ccc2nc(CCC3CC(N4C[C@H]5O[C@@H](n6cnc7c(N)ncnc76)[C@H](O)[C@@H]5OC4(C)O)C3)[nH]c2c1. The topological polar surface area (TPSA) is 201 Å². The van der Waals surface area contributed by atoms with Gasteiger partial charge in [0.25, 0.3) is 0 Å². The molecule has 1 aliphatic carbocycles. The highest BCUT2D eigenvalue weighted by Gasteiger charge is 2.56. The molecule has 14 heteroatoms. The minimum absolute atomic E-state index is 0.121. The lowest BCUT2D eigenvalue weighted by Crippen LogP contribution is -2.66. The van der Waals surface area contributed by atoms with E-state index in [1.54, 1.807) is 11.5 Å². The molecule has 1 saturated carbocycles. The Labute approximate surface area is 247 Å². The van der Waals surface area contributed by atoms with Gasteiger partial charge in [0.15, 0.2) is 17.7 Å². The van der Waals surface area contributed by atoms with Gasteiger partial charge < -0.3 is 40.6 Å². The molecule has 43 heavy (non-hydrogen) atoms. The number of nitrogens with one attached hydrogen (secondary N) is 1. The molecule has 0 radical (unpaired) electrons. The molecule has 3 aliphatic rings. The molecule has 5 heterocycles. The maximum Gasteiger partial charge on any atom is 0.225 e. The van der Waals surface area contributed by atoms with Crippen LogP contribution in [0.3, 0.4) is 0 Å². The van der Waals surface area contributed by atoms with Crippen LogP contribution in [0.25, 0.3) is 22.2 Å². The number of hydrogen-bond donors (Lipinski definition) is 6. The predicted molar refractivity (Wildman–Crippen MR) is 154 cm³/mol. The predicted octanol–water partition coefficient (Wildman–Crippen LogP) is 0.564. The average Bonchev–Trinajstić information content (AvgIpc) is 3.67. The Morgan fingerprint density at radius 2 is 1.98 bits per heavy atom. The molecule has 5 atom stereocenters. The van der Waals surface area contributed by atoms with Crippen molar-refractivity contribution in [3.8, 4) is 0 Å². The second kappa shape index (κ2) is 10.4. The first kappa shape index (κ1) is 28.5. The number of imidazole rings is 2. The van der Waals surface area contributed by atoms with Crippen LogP contribution in [0.1, 0.15) is 50.7 Å². The van der Waals surface area contributed by atoms with Crippen molar-refractivity contribution in [2.45, 2.75) is 81.4 Å². The van der Waals surface area contributed by atoms with Gasteiger partial charge in [-0.1, -0.05) is 13.0 Å². The molecule has 1 aromatic carbocycles. The van der Waals surface area contributed by atoms with E-state index >= 15 is 0 Å². The van der Waals surface area contributed by atoms with Crippen molar-refractivity contribution in [1.82, 2.24) is 34.4 Å². The third kappa shape index (κ3) is 4.77. The number of aromatic nitrogens is 6. The first-order valence-corrected chi connectivity index (χ1v) is 14.7. The van der Waals surface area contributed by atoms with Gasteiger partial charge in [0, 0.05) is 31.3 Å². The fraction of sp³-hybridized carbons (Fsp3) is 0.586. The number of anilines is 1. The lowest BCUT2D eigenvalue weighted by Gasteiger charge is -2.53. The van der Waals surface area contributed by atoms with Crippen LogP contribution in [0.4, 0.5) is 5.82 Å². The summed E-state index contributed by atoms with van der Waals surface area (Å²) < 4.78 is 14.0. The van der Waals surface area contributed by atoms with Crippen LogP contribution in [-0.4, -0.2) is 105 Å². The van der Waals surface area contributed by atoms with Crippen molar-refractivity contribution >= 4 is 28.0 Å². The molecule has 0 bridgehead atoms. The molecule has 0 amide bonds. The van der Waals surface area contributed by atoms with Gasteiger partial charge in [-0.25, -0.2) is 24.8 Å². The van der Waals surface area contributed by atoms with Crippen LogP contribution in [-0.2, 0) is 21.3 Å². The van der Waals surface area contributed by atoms with Crippen LogP contribution in [0.2, 0.25) is 0 Å². The number of aliphatic hydroxyl groups is 4. The summed E-state index contributed by atoms with van der Waals surface area (Å²) in [5.41, 5.74) is 8.72. The molecule has 7 rings (SSSR count). The van der Waals surface area contributed by atoms with E-state index in [0.717, 1.165) is 48.1 Å². The molecule has 2 aliphatic heterocycles. The third-order valence-electron chi connectivity index (χ3n) is 9.61. The van der Waals surface area contributed by atoms with E-state index in [2.05, 4.69) is 19.9 Å². The summed E-state index contributed by atoms with van der Waals surface area (Å²) in [6.07, 6.45) is 3.42. The summed E-state index contributed by atoms with van der Waals surface area (Å²) in [4.78, 5) is 22.6. The van der Waals surface area contributed by atoms with Gasteiger partial charge >= 0.3 is 0 Å². The zero-order valence-electron chi connectivity index (χ0n) is 24.2. The summed E-state index contributed by atoms with van der Waals surface area (Å²) in [5, 5.41) is 41.9. The Morgan fingerprint density at radius 1 is 1.19 bits per heavy atom. The first-order valence-electron chi connectivity index (χ1n) is 14.7. The molecule has 1 unspecified atom stereocenters. The molecule has 2 saturated heterocycles. The molecule has 14 nitrogen and oxygen atoms in total. The number of benzene rings is 1. The molecule has 0 spiro atoms.